The number of rotatable bonds is 4. The Hall–Kier alpha value is -1.51. The van der Waals surface area contributed by atoms with E-state index in [1.165, 1.54) is 0 Å². The summed E-state index contributed by atoms with van der Waals surface area (Å²) in [6, 6.07) is 6.84. The SMILES string of the molecule is CCC(OC=O)c1ccccc1O. The molecule has 0 spiro atoms. The van der Waals surface area contributed by atoms with Gasteiger partial charge in [-0.15, -0.1) is 0 Å². The lowest BCUT2D eigenvalue weighted by atomic mass is 10.1. The number of carbonyl (C=O) groups is 1. The Balaban J connectivity index is 2.90. The highest BCUT2D eigenvalue weighted by Gasteiger charge is 2.12. The summed E-state index contributed by atoms with van der Waals surface area (Å²) in [5.74, 6) is 0.163. The van der Waals surface area contributed by atoms with Gasteiger partial charge in [-0.1, -0.05) is 25.1 Å². The number of phenolic OH excluding ortho intramolecular Hbond substituents is 1. The molecular formula is C10H12O3. The van der Waals surface area contributed by atoms with Gasteiger partial charge in [-0.05, 0) is 12.5 Å². The van der Waals surface area contributed by atoms with E-state index in [1.807, 2.05) is 6.92 Å². The van der Waals surface area contributed by atoms with Crippen LogP contribution in [-0.2, 0) is 9.53 Å². The van der Waals surface area contributed by atoms with Crippen LogP contribution in [0.4, 0.5) is 0 Å². The fourth-order valence-electron chi connectivity index (χ4n) is 1.22. The summed E-state index contributed by atoms with van der Waals surface area (Å²) in [6.45, 7) is 2.29. The molecule has 0 radical (unpaired) electrons. The first-order valence-electron chi connectivity index (χ1n) is 4.16. The fourth-order valence-corrected chi connectivity index (χ4v) is 1.22. The van der Waals surface area contributed by atoms with Gasteiger partial charge in [0.2, 0.25) is 0 Å². The minimum Gasteiger partial charge on any atom is -0.508 e. The third kappa shape index (κ3) is 2.21. The van der Waals surface area contributed by atoms with Gasteiger partial charge in [0, 0.05) is 5.56 Å². The molecule has 1 N–H and O–H groups in total. The summed E-state index contributed by atoms with van der Waals surface area (Å²) in [5, 5.41) is 9.44. The third-order valence-electron chi connectivity index (χ3n) is 1.87. The Bertz CT molecular complexity index is 283. The van der Waals surface area contributed by atoms with Crippen molar-refractivity contribution in [2.45, 2.75) is 19.4 Å². The van der Waals surface area contributed by atoms with Crippen molar-refractivity contribution >= 4 is 6.47 Å². The highest BCUT2D eigenvalue weighted by atomic mass is 16.5. The molecule has 0 aliphatic carbocycles. The molecule has 1 rings (SSSR count). The maximum absolute atomic E-state index is 10.2. The second kappa shape index (κ2) is 4.50. The maximum Gasteiger partial charge on any atom is 0.293 e. The van der Waals surface area contributed by atoms with E-state index in [0.29, 0.717) is 18.5 Å². The molecule has 0 saturated carbocycles. The molecule has 3 nitrogen and oxygen atoms in total. The Kier molecular flexibility index (Phi) is 3.31. The van der Waals surface area contributed by atoms with E-state index < -0.39 is 0 Å². The third-order valence-corrected chi connectivity index (χ3v) is 1.87. The highest BCUT2D eigenvalue weighted by molar-refractivity contribution is 5.41. The predicted octanol–water partition coefficient (Wildman–Crippen LogP) is 2.02. The van der Waals surface area contributed by atoms with Crippen LogP contribution in [0.3, 0.4) is 0 Å². The van der Waals surface area contributed by atoms with E-state index in [0.717, 1.165) is 0 Å². The van der Waals surface area contributed by atoms with Crippen molar-refractivity contribution in [3.63, 3.8) is 0 Å². The summed E-state index contributed by atoms with van der Waals surface area (Å²) >= 11 is 0. The molecule has 0 bridgehead atoms. The fraction of sp³-hybridized carbons (Fsp3) is 0.300. The Morgan fingerprint density at radius 2 is 2.23 bits per heavy atom. The Labute approximate surface area is 77.0 Å². The van der Waals surface area contributed by atoms with Crippen molar-refractivity contribution in [3.8, 4) is 5.75 Å². The van der Waals surface area contributed by atoms with Crippen molar-refractivity contribution < 1.29 is 14.6 Å². The van der Waals surface area contributed by atoms with E-state index in [9.17, 15) is 9.90 Å². The lowest BCUT2D eigenvalue weighted by molar-refractivity contribution is -0.134. The van der Waals surface area contributed by atoms with Gasteiger partial charge in [0.1, 0.15) is 11.9 Å². The first kappa shape index (κ1) is 9.58. The van der Waals surface area contributed by atoms with Crippen LogP contribution in [0.25, 0.3) is 0 Å². The van der Waals surface area contributed by atoms with Crippen LogP contribution in [0.2, 0.25) is 0 Å². The molecule has 0 heterocycles. The van der Waals surface area contributed by atoms with Crippen molar-refractivity contribution in [1.29, 1.82) is 0 Å². The van der Waals surface area contributed by atoms with Gasteiger partial charge in [-0.3, -0.25) is 4.79 Å². The largest absolute Gasteiger partial charge is 0.508 e. The average molecular weight is 180 g/mol. The minimum atomic E-state index is -0.348. The van der Waals surface area contributed by atoms with Crippen LogP contribution in [0.1, 0.15) is 25.0 Å². The number of para-hydroxylation sites is 1. The van der Waals surface area contributed by atoms with Crippen LogP contribution in [-0.4, -0.2) is 11.6 Å². The summed E-state index contributed by atoms with van der Waals surface area (Å²) in [7, 11) is 0. The molecule has 1 atom stereocenters. The van der Waals surface area contributed by atoms with E-state index in [2.05, 4.69) is 0 Å². The van der Waals surface area contributed by atoms with Crippen molar-refractivity contribution in [3.05, 3.63) is 29.8 Å². The zero-order chi connectivity index (χ0) is 9.68. The molecule has 0 aliphatic heterocycles. The first-order valence-corrected chi connectivity index (χ1v) is 4.16. The first-order chi connectivity index (χ1) is 6.29. The number of hydrogen-bond acceptors (Lipinski definition) is 3. The van der Waals surface area contributed by atoms with Gasteiger partial charge in [0.05, 0.1) is 0 Å². The number of aromatic hydroxyl groups is 1. The van der Waals surface area contributed by atoms with Gasteiger partial charge < -0.3 is 9.84 Å². The topological polar surface area (TPSA) is 46.5 Å². The van der Waals surface area contributed by atoms with Crippen LogP contribution >= 0.6 is 0 Å². The molecule has 1 aromatic rings. The number of hydrogen-bond donors (Lipinski definition) is 1. The minimum absolute atomic E-state index is 0.163. The molecule has 0 fully saturated rings. The van der Waals surface area contributed by atoms with E-state index in [-0.39, 0.29) is 11.9 Å². The van der Waals surface area contributed by atoms with Crippen LogP contribution in [0.5, 0.6) is 5.75 Å². The lowest BCUT2D eigenvalue weighted by Crippen LogP contribution is -2.01. The number of phenols is 1. The zero-order valence-corrected chi connectivity index (χ0v) is 7.43. The molecular weight excluding hydrogens is 168 g/mol. The van der Waals surface area contributed by atoms with E-state index >= 15 is 0 Å². The predicted molar refractivity (Wildman–Crippen MR) is 48.3 cm³/mol. The molecule has 13 heavy (non-hydrogen) atoms. The molecule has 1 unspecified atom stereocenters. The molecule has 0 aliphatic rings. The maximum atomic E-state index is 10.2. The summed E-state index contributed by atoms with van der Waals surface area (Å²) < 4.78 is 4.82. The Morgan fingerprint density at radius 3 is 2.77 bits per heavy atom. The van der Waals surface area contributed by atoms with Crippen LogP contribution in [0, 0.1) is 0 Å². The monoisotopic (exact) mass is 180 g/mol. The smallest absolute Gasteiger partial charge is 0.293 e. The van der Waals surface area contributed by atoms with Crippen LogP contribution in [0.15, 0.2) is 24.3 Å². The summed E-state index contributed by atoms with van der Waals surface area (Å²) in [6.07, 6.45) is 0.301. The van der Waals surface area contributed by atoms with E-state index in [1.54, 1.807) is 24.3 Å². The molecule has 0 saturated heterocycles. The molecule has 3 heteroatoms. The lowest BCUT2D eigenvalue weighted by Gasteiger charge is -2.13. The molecule has 0 amide bonds. The van der Waals surface area contributed by atoms with Crippen molar-refractivity contribution in [1.82, 2.24) is 0 Å². The van der Waals surface area contributed by atoms with E-state index in [4.69, 9.17) is 4.74 Å². The molecule has 0 aromatic heterocycles. The number of ether oxygens (including phenoxy) is 1. The van der Waals surface area contributed by atoms with Crippen molar-refractivity contribution in [2.75, 3.05) is 0 Å². The highest BCUT2D eigenvalue weighted by Crippen LogP contribution is 2.27. The number of benzene rings is 1. The quantitative estimate of drug-likeness (QED) is 0.721. The average Bonchev–Trinajstić information content (AvgIpc) is 2.16. The Morgan fingerprint density at radius 1 is 1.54 bits per heavy atom. The normalized spacial score (nSPS) is 12.1. The van der Waals surface area contributed by atoms with Gasteiger partial charge in [0.25, 0.3) is 6.47 Å². The standard InChI is InChI=1S/C10H12O3/c1-2-10(13-7-11)8-5-3-4-6-9(8)12/h3-7,10,12H,2H2,1H3. The summed E-state index contributed by atoms with van der Waals surface area (Å²) in [4.78, 5) is 10.2. The van der Waals surface area contributed by atoms with Gasteiger partial charge in [-0.2, -0.15) is 0 Å². The summed E-state index contributed by atoms with van der Waals surface area (Å²) in [5.41, 5.74) is 0.650. The van der Waals surface area contributed by atoms with Gasteiger partial charge in [0.15, 0.2) is 0 Å². The van der Waals surface area contributed by atoms with Gasteiger partial charge >= 0.3 is 0 Å². The van der Waals surface area contributed by atoms with Crippen molar-refractivity contribution in [2.24, 2.45) is 0 Å². The molecule has 1 aromatic carbocycles. The van der Waals surface area contributed by atoms with Crippen LogP contribution < -0.4 is 0 Å². The zero-order valence-electron chi connectivity index (χ0n) is 7.43. The molecule has 70 valence electrons. The second-order valence-corrected chi connectivity index (χ2v) is 2.69. The van der Waals surface area contributed by atoms with Gasteiger partial charge in [-0.25, -0.2) is 0 Å². The number of carbonyl (C=O) groups excluding carboxylic acids is 1. The second-order valence-electron chi connectivity index (χ2n) is 2.69.